The van der Waals surface area contributed by atoms with Gasteiger partial charge in [0.2, 0.25) is 0 Å². The highest BCUT2D eigenvalue weighted by atomic mass is 35.5. The van der Waals surface area contributed by atoms with Gasteiger partial charge in [-0.3, -0.25) is 0 Å². The number of hydrogen-bond acceptors (Lipinski definition) is 2. The minimum atomic E-state index is 0.612. The molecule has 0 N–H and O–H groups in total. The zero-order valence-corrected chi connectivity index (χ0v) is 12.9. The first-order chi connectivity index (χ1) is 9.65. The minimum absolute atomic E-state index is 0.612. The van der Waals surface area contributed by atoms with E-state index < -0.39 is 0 Å². The number of fused-ring (bicyclic) bond motifs is 1. The summed E-state index contributed by atoms with van der Waals surface area (Å²) in [6.45, 7) is 2.02. The van der Waals surface area contributed by atoms with Crippen LogP contribution in [0.3, 0.4) is 0 Å². The van der Waals surface area contributed by atoms with Crippen LogP contribution in [0, 0.1) is 6.92 Å². The highest BCUT2D eigenvalue weighted by Gasteiger charge is 2.17. The van der Waals surface area contributed by atoms with Crippen molar-refractivity contribution in [2.24, 2.45) is 0 Å². The summed E-state index contributed by atoms with van der Waals surface area (Å²) in [7, 11) is 0. The molecule has 0 saturated heterocycles. The van der Waals surface area contributed by atoms with E-state index in [4.69, 9.17) is 28.2 Å². The molecule has 20 heavy (non-hydrogen) atoms. The molecule has 1 aliphatic carbocycles. The third-order valence-corrected chi connectivity index (χ3v) is 4.36. The Balaban J connectivity index is 2.11. The van der Waals surface area contributed by atoms with E-state index in [1.54, 1.807) is 0 Å². The molecule has 0 aliphatic heterocycles. The van der Waals surface area contributed by atoms with E-state index in [2.05, 4.69) is 4.98 Å². The van der Waals surface area contributed by atoms with Crippen LogP contribution in [-0.2, 0) is 12.8 Å². The Morgan fingerprint density at radius 1 is 1.00 bits per heavy atom. The number of aryl methyl sites for hydroxylation is 2. The molecule has 2 aromatic rings. The lowest BCUT2D eigenvalue weighted by Crippen LogP contribution is -2.02. The highest BCUT2D eigenvalue weighted by molar-refractivity contribution is 6.31. The normalized spacial score (nSPS) is 14.8. The first-order valence-corrected chi connectivity index (χ1v) is 7.72. The number of halogens is 2. The molecule has 104 valence electrons. The molecule has 1 aromatic carbocycles. The monoisotopic (exact) mass is 306 g/mol. The van der Waals surface area contributed by atoms with Crippen LogP contribution in [-0.4, -0.2) is 9.97 Å². The van der Waals surface area contributed by atoms with Crippen molar-refractivity contribution in [1.82, 2.24) is 9.97 Å². The average molecular weight is 307 g/mol. The van der Waals surface area contributed by atoms with E-state index in [1.165, 1.54) is 19.3 Å². The highest BCUT2D eigenvalue weighted by Crippen LogP contribution is 2.29. The zero-order chi connectivity index (χ0) is 14.1. The fourth-order valence-corrected chi connectivity index (χ4v) is 3.23. The van der Waals surface area contributed by atoms with Crippen LogP contribution in [0.15, 0.2) is 18.2 Å². The average Bonchev–Trinajstić information content (AvgIpc) is 2.64. The maximum atomic E-state index is 6.38. The summed E-state index contributed by atoms with van der Waals surface area (Å²) in [5, 5.41) is 1.34. The van der Waals surface area contributed by atoms with Crippen LogP contribution in [0.1, 0.15) is 36.1 Å². The van der Waals surface area contributed by atoms with Gasteiger partial charge in [-0.2, -0.15) is 0 Å². The topological polar surface area (TPSA) is 25.8 Å². The van der Waals surface area contributed by atoms with E-state index >= 15 is 0 Å². The summed E-state index contributed by atoms with van der Waals surface area (Å²) in [5.41, 5.74) is 4.33. The molecule has 1 heterocycles. The van der Waals surface area contributed by atoms with Crippen LogP contribution in [0.2, 0.25) is 10.2 Å². The van der Waals surface area contributed by atoms with Gasteiger partial charge >= 0.3 is 0 Å². The maximum Gasteiger partial charge on any atom is 0.161 e. The van der Waals surface area contributed by atoms with Crippen molar-refractivity contribution in [3.8, 4) is 11.4 Å². The van der Waals surface area contributed by atoms with E-state index in [-0.39, 0.29) is 0 Å². The molecule has 0 atom stereocenters. The van der Waals surface area contributed by atoms with Crippen LogP contribution in [0.4, 0.5) is 0 Å². The van der Waals surface area contributed by atoms with Gasteiger partial charge < -0.3 is 0 Å². The van der Waals surface area contributed by atoms with Gasteiger partial charge in [0.15, 0.2) is 5.82 Å². The summed E-state index contributed by atoms with van der Waals surface area (Å²) in [6.07, 6.45) is 5.59. The predicted molar refractivity (Wildman–Crippen MR) is 83.5 cm³/mol. The second-order valence-corrected chi connectivity index (χ2v) is 6.08. The number of nitrogens with zero attached hydrogens (tertiary/aromatic N) is 2. The Morgan fingerprint density at radius 2 is 1.80 bits per heavy atom. The van der Waals surface area contributed by atoms with Gasteiger partial charge in [0, 0.05) is 21.8 Å². The van der Waals surface area contributed by atoms with Crippen molar-refractivity contribution < 1.29 is 0 Å². The summed E-state index contributed by atoms with van der Waals surface area (Å²) in [6, 6.07) is 5.76. The Morgan fingerprint density at radius 3 is 2.60 bits per heavy atom. The predicted octanol–water partition coefficient (Wildman–Crippen LogP) is 5.03. The van der Waals surface area contributed by atoms with Crippen LogP contribution >= 0.6 is 23.2 Å². The molecule has 1 aliphatic rings. The molecule has 0 unspecified atom stereocenters. The molecule has 2 nitrogen and oxygen atoms in total. The molecular weight excluding hydrogens is 291 g/mol. The first-order valence-electron chi connectivity index (χ1n) is 6.97. The maximum absolute atomic E-state index is 6.38. The zero-order valence-electron chi connectivity index (χ0n) is 11.4. The van der Waals surface area contributed by atoms with Crippen molar-refractivity contribution in [1.29, 1.82) is 0 Å². The molecule has 3 rings (SSSR count). The third-order valence-electron chi connectivity index (χ3n) is 3.81. The Hall–Kier alpha value is -1.12. The quantitative estimate of drug-likeness (QED) is 0.545. The van der Waals surface area contributed by atoms with Crippen molar-refractivity contribution in [2.45, 2.75) is 39.0 Å². The minimum Gasteiger partial charge on any atom is -0.233 e. The van der Waals surface area contributed by atoms with Gasteiger partial charge in [-0.25, -0.2) is 9.97 Å². The van der Waals surface area contributed by atoms with Crippen molar-refractivity contribution in [3.63, 3.8) is 0 Å². The SMILES string of the molecule is Cc1cc(Cl)ccc1-c1nc(Cl)c2c(n1)CCCCC2. The van der Waals surface area contributed by atoms with Gasteiger partial charge in [0.25, 0.3) is 0 Å². The fourth-order valence-electron chi connectivity index (χ4n) is 2.72. The van der Waals surface area contributed by atoms with Gasteiger partial charge in [0.1, 0.15) is 5.15 Å². The van der Waals surface area contributed by atoms with Crippen LogP contribution < -0.4 is 0 Å². The van der Waals surface area contributed by atoms with E-state index in [9.17, 15) is 0 Å². The van der Waals surface area contributed by atoms with E-state index in [1.807, 2.05) is 25.1 Å². The second-order valence-electron chi connectivity index (χ2n) is 5.28. The molecule has 0 fully saturated rings. The standard InChI is InChI=1S/C16H16Cl2N2/c1-10-9-11(17)7-8-12(10)16-19-14-6-4-2-3-5-13(14)15(18)20-16/h7-9H,2-6H2,1H3. The van der Waals surface area contributed by atoms with Crippen molar-refractivity contribution >= 4 is 23.2 Å². The van der Waals surface area contributed by atoms with Crippen LogP contribution in [0.5, 0.6) is 0 Å². The molecule has 0 spiro atoms. The molecule has 4 heteroatoms. The van der Waals surface area contributed by atoms with Gasteiger partial charge in [-0.15, -0.1) is 0 Å². The van der Waals surface area contributed by atoms with Crippen LogP contribution in [0.25, 0.3) is 11.4 Å². The van der Waals surface area contributed by atoms with Gasteiger partial charge in [-0.1, -0.05) is 29.6 Å². The molecule has 0 bridgehead atoms. The summed E-state index contributed by atoms with van der Waals surface area (Å²) in [5.74, 6) is 0.713. The number of aromatic nitrogens is 2. The lowest BCUT2D eigenvalue weighted by atomic mass is 10.1. The molecule has 0 saturated carbocycles. The largest absolute Gasteiger partial charge is 0.233 e. The Kier molecular flexibility index (Phi) is 3.95. The van der Waals surface area contributed by atoms with Crippen molar-refractivity contribution in [2.75, 3.05) is 0 Å². The summed E-state index contributed by atoms with van der Waals surface area (Å²) < 4.78 is 0. The van der Waals surface area contributed by atoms with E-state index in [0.29, 0.717) is 11.0 Å². The number of rotatable bonds is 1. The molecule has 1 aromatic heterocycles. The molecule has 0 amide bonds. The van der Waals surface area contributed by atoms with Crippen molar-refractivity contribution in [3.05, 3.63) is 45.2 Å². The smallest absolute Gasteiger partial charge is 0.161 e. The first kappa shape index (κ1) is 13.8. The van der Waals surface area contributed by atoms with Gasteiger partial charge in [0.05, 0.1) is 0 Å². The molecular formula is C16H16Cl2N2. The van der Waals surface area contributed by atoms with Gasteiger partial charge in [-0.05, 0) is 56.4 Å². The number of benzene rings is 1. The number of hydrogen-bond donors (Lipinski definition) is 0. The Bertz CT molecular complexity index is 653. The van der Waals surface area contributed by atoms with E-state index in [0.717, 1.165) is 40.2 Å². The summed E-state index contributed by atoms with van der Waals surface area (Å²) >= 11 is 12.4. The summed E-state index contributed by atoms with van der Waals surface area (Å²) in [4.78, 5) is 9.26. The lowest BCUT2D eigenvalue weighted by molar-refractivity contribution is 0.709. The molecule has 0 radical (unpaired) electrons. The Labute approximate surface area is 129 Å². The third kappa shape index (κ3) is 2.68. The lowest BCUT2D eigenvalue weighted by Gasteiger charge is -2.11. The fraction of sp³-hybridized carbons (Fsp3) is 0.375. The second kappa shape index (κ2) is 5.71.